The van der Waals surface area contributed by atoms with Crippen molar-refractivity contribution in [3.63, 3.8) is 0 Å². The fourth-order valence-electron chi connectivity index (χ4n) is 3.34. The molecule has 0 saturated carbocycles. The Morgan fingerprint density at radius 2 is 2.03 bits per heavy atom. The van der Waals surface area contributed by atoms with Gasteiger partial charge in [0.05, 0.1) is 28.4 Å². The van der Waals surface area contributed by atoms with Crippen LogP contribution < -0.4 is 4.74 Å². The molecule has 0 unspecified atom stereocenters. The van der Waals surface area contributed by atoms with Gasteiger partial charge in [0, 0.05) is 6.20 Å². The molecule has 1 aliphatic rings. The third kappa shape index (κ3) is 2.94. The normalized spacial score (nSPS) is 12.6. The monoisotopic (exact) mass is 407 g/mol. The number of halogens is 1. The number of nitrogens with zero attached hydrogens (tertiary/aromatic N) is 5. The number of carbonyl (C=O) groups is 1. The van der Waals surface area contributed by atoms with Crippen molar-refractivity contribution in [2.75, 3.05) is 6.61 Å². The first-order valence-corrected chi connectivity index (χ1v) is 9.22. The van der Waals surface area contributed by atoms with Gasteiger partial charge in [-0.15, -0.1) is 0 Å². The minimum Gasteiger partial charge on any atom is -0.491 e. The number of aromatic nitrogens is 5. The third-order valence-electron chi connectivity index (χ3n) is 4.69. The van der Waals surface area contributed by atoms with Crippen LogP contribution in [0.5, 0.6) is 5.75 Å². The van der Waals surface area contributed by atoms with E-state index in [0.29, 0.717) is 52.5 Å². The van der Waals surface area contributed by atoms with E-state index in [2.05, 4.69) is 10.1 Å². The van der Waals surface area contributed by atoms with E-state index in [4.69, 9.17) is 21.3 Å². The number of benzene rings is 2. The number of imidazole rings is 1. The number of fused-ring (bicyclic) bond motifs is 3. The van der Waals surface area contributed by atoms with Crippen molar-refractivity contribution in [1.82, 2.24) is 24.3 Å². The van der Waals surface area contributed by atoms with Crippen LogP contribution in [-0.2, 0) is 6.54 Å². The summed E-state index contributed by atoms with van der Waals surface area (Å²) in [4.78, 5) is 20.5. The van der Waals surface area contributed by atoms with Crippen LogP contribution in [0.1, 0.15) is 10.4 Å². The predicted octanol–water partition coefficient (Wildman–Crippen LogP) is 3.54. The van der Waals surface area contributed by atoms with Gasteiger partial charge in [0.25, 0.3) is 0 Å². The Kier molecular flexibility index (Phi) is 4.06. The molecule has 1 N–H and O–H groups in total. The highest BCUT2D eigenvalue weighted by Crippen LogP contribution is 2.35. The van der Waals surface area contributed by atoms with Crippen LogP contribution in [0, 0.1) is 0 Å². The fraction of sp³-hybridized carbons (Fsp3) is 0.100. The van der Waals surface area contributed by atoms with E-state index >= 15 is 0 Å². The molecule has 8 nitrogen and oxygen atoms in total. The highest BCUT2D eigenvalue weighted by atomic mass is 35.5. The lowest BCUT2D eigenvalue weighted by molar-refractivity contribution is 0.0697. The topological polar surface area (TPSA) is 95.1 Å². The average molecular weight is 408 g/mol. The summed E-state index contributed by atoms with van der Waals surface area (Å²) >= 11 is 6.33. The molecule has 0 spiro atoms. The Labute approximate surface area is 170 Å². The number of hydrogen-bond donors (Lipinski definition) is 1. The first-order valence-electron chi connectivity index (χ1n) is 8.85. The van der Waals surface area contributed by atoms with Crippen LogP contribution in [0.2, 0.25) is 5.02 Å². The van der Waals surface area contributed by atoms with Crippen molar-refractivity contribution in [1.29, 1.82) is 0 Å². The molecule has 29 heavy (non-hydrogen) atoms. The van der Waals surface area contributed by atoms with Gasteiger partial charge in [-0.25, -0.2) is 19.4 Å². The summed E-state index contributed by atoms with van der Waals surface area (Å²) in [5.41, 5.74) is 2.09. The van der Waals surface area contributed by atoms with Crippen LogP contribution in [-0.4, -0.2) is 42.0 Å². The van der Waals surface area contributed by atoms with E-state index < -0.39 is 5.97 Å². The van der Waals surface area contributed by atoms with Gasteiger partial charge in [-0.1, -0.05) is 23.7 Å². The summed E-state index contributed by atoms with van der Waals surface area (Å²) in [6.07, 6.45) is 3.31. The van der Waals surface area contributed by atoms with Crippen molar-refractivity contribution >= 4 is 17.6 Å². The Morgan fingerprint density at radius 1 is 1.17 bits per heavy atom. The van der Waals surface area contributed by atoms with Crippen LogP contribution >= 0.6 is 11.6 Å². The summed E-state index contributed by atoms with van der Waals surface area (Å²) in [5.74, 6) is 0.743. The molecule has 144 valence electrons. The summed E-state index contributed by atoms with van der Waals surface area (Å²) in [7, 11) is 0. The number of rotatable bonds is 3. The van der Waals surface area contributed by atoms with Gasteiger partial charge in [-0.3, -0.25) is 0 Å². The van der Waals surface area contributed by atoms with Gasteiger partial charge >= 0.3 is 5.97 Å². The summed E-state index contributed by atoms with van der Waals surface area (Å²) in [5, 5.41) is 14.2. The fourth-order valence-corrected chi connectivity index (χ4v) is 3.56. The molecule has 9 heteroatoms. The lowest BCUT2D eigenvalue weighted by atomic mass is 10.1. The van der Waals surface area contributed by atoms with Gasteiger partial charge in [-0.05, 0) is 30.3 Å². The van der Waals surface area contributed by atoms with Crippen molar-refractivity contribution < 1.29 is 14.6 Å². The number of carboxylic acid groups (broad SMARTS) is 1. The molecule has 0 amide bonds. The molecule has 0 bridgehead atoms. The molecule has 0 fully saturated rings. The molecular formula is C20H14ClN5O3. The zero-order chi connectivity index (χ0) is 20.0. The minimum atomic E-state index is -1.01. The predicted molar refractivity (Wildman–Crippen MR) is 105 cm³/mol. The maximum absolute atomic E-state index is 11.4. The molecule has 2 aromatic heterocycles. The third-order valence-corrected chi connectivity index (χ3v) is 5.01. The van der Waals surface area contributed by atoms with E-state index in [9.17, 15) is 9.90 Å². The molecule has 0 saturated heterocycles. The second-order valence-electron chi connectivity index (χ2n) is 6.45. The zero-order valence-electron chi connectivity index (χ0n) is 15.0. The van der Waals surface area contributed by atoms with Gasteiger partial charge in [-0.2, -0.15) is 5.10 Å². The second kappa shape index (κ2) is 6.75. The SMILES string of the molecule is O=C(O)c1ccc2c(c1)-c1nc(-c3ncnn3-c3ccccc3Cl)cn1CCO2. The highest BCUT2D eigenvalue weighted by molar-refractivity contribution is 6.32. The average Bonchev–Trinajstić information content (AvgIpc) is 3.32. The Morgan fingerprint density at radius 3 is 2.86 bits per heavy atom. The van der Waals surface area contributed by atoms with E-state index in [-0.39, 0.29) is 5.56 Å². The van der Waals surface area contributed by atoms with Crippen LogP contribution in [0.4, 0.5) is 0 Å². The maximum Gasteiger partial charge on any atom is 0.335 e. The Hall–Kier alpha value is -3.65. The Balaban J connectivity index is 1.65. The first kappa shape index (κ1) is 17.4. The molecule has 3 heterocycles. The van der Waals surface area contributed by atoms with Crippen molar-refractivity contribution in [2.24, 2.45) is 0 Å². The number of para-hydroxylation sites is 1. The molecule has 5 rings (SSSR count). The van der Waals surface area contributed by atoms with E-state index in [1.54, 1.807) is 22.9 Å². The molecule has 2 aromatic carbocycles. The zero-order valence-corrected chi connectivity index (χ0v) is 15.7. The molecular weight excluding hydrogens is 394 g/mol. The van der Waals surface area contributed by atoms with Gasteiger partial charge in [0.1, 0.15) is 30.2 Å². The lowest BCUT2D eigenvalue weighted by Gasteiger charge is -2.07. The van der Waals surface area contributed by atoms with E-state index in [0.717, 1.165) is 0 Å². The summed E-state index contributed by atoms with van der Waals surface area (Å²) < 4.78 is 9.32. The number of ether oxygens (including phenoxy) is 1. The van der Waals surface area contributed by atoms with Crippen LogP contribution in [0.25, 0.3) is 28.6 Å². The Bertz CT molecular complexity index is 1250. The first-order chi connectivity index (χ1) is 14.1. The standard InChI is InChI=1S/C20H14ClN5O3/c21-14-3-1-2-4-16(14)26-19(22-11-23-26)15-10-25-7-8-29-17-6-5-12(20(27)28)9-13(17)18(25)24-15/h1-6,9-11H,7-8H2,(H,27,28). The summed E-state index contributed by atoms with van der Waals surface area (Å²) in [6, 6.07) is 12.1. The quantitative estimate of drug-likeness (QED) is 0.558. The second-order valence-corrected chi connectivity index (χ2v) is 6.86. The van der Waals surface area contributed by atoms with Crippen molar-refractivity contribution in [3.05, 3.63) is 65.6 Å². The van der Waals surface area contributed by atoms with Gasteiger partial charge < -0.3 is 14.4 Å². The molecule has 0 atom stereocenters. The highest BCUT2D eigenvalue weighted by Gasteiger charge is 2.23. The largest absolute Gasteiger partial charge is 0.491 e. The number of carboxylic acids is 1. The number of hydrogen-bond acceptors (Lipinski definition) is 5. The summed E-state index contributed by atoms with van der Waals surface area (Å²) in [6.45, 7) is 1.01. The maximum atomic E-state index is 11.4. The molecule has 0 aliphatic carbocycles. The molecule has 1 aliphatic heterocycles. The smallest absolute Gasteiger partial charge is 0.335 e. The van der Waals surface area contributed by atoms with E-state index in [1.807, 2.05) is 29.0 Å². The van der Waals surface area contributed by atoms with Gasteiger partial charge in [0.2, 0.25) is 0 Å². The number of aromatic carboxylic acids is 1. The van der Waals surface area contributed by atoms with Crippen LogP contribution in [0.3, 0.4) is 0 Å². The molecule has 0 radical (unpaired) electrons. The minimum absolute atomic E-state index is 0.171. The van der Waals surface area contributed by atoms with E-state index in [1.165, 1.54) is 12.4 Å². The van der Waals surface area contributed by atoms with Crippen molar-refractivity contribution in [2.45, 2.75) is 6.54 Å². The molecule has 4 aromatic rings. The van der Waals surface area contributed by atoms with Crippen LogP contribution in [0.15, 0.2) is 55.0 Å². The van der Waals surface area contributed by atoms with Gasteiger partial charge in [0.15, 0.2) is 5.82 Å². The van der Waals surface area contributed by atoms with Crippen molar-refractivity contribution in [3.8, 4) is 34.3 Å². The lowest BCUT2D eigenvalue weighted by Crippen LogP contribution is -2.04.